The summed E-state index contributed by atoms with van der Waals surface area (Å²) < 4.78 is 11.1. The van der Waals surface area contributed by atoms with E-state index in [9.17, 15) is 4.79 Å². The van der Waals surface area contributed by atoms with Crippen LogP contribution in [0.1, 0.15) is 27.7 Å². The van der Waals surface area contributed by atoms with Crippen LogP contribution in [0.4, 0.5) is 5.69 Å². The fourth-order valence-electron chi connectivity index (χ4n) is 2.36. The maximum atomic E-state index is 12.4. The van der Waals surface area contributed by atoms with Crippen molar-refractivity contribution in [1.29, 1.82) is 0 Å². The molecule has 0 saturated heterocycles. The van der Waals surface area contributed by atoms with Gasteiger partial charge in [0.15, 0.2) is 0 Å². The molecule has 0 aliphatic carbocycles. The van der Waals surface area contributed by atoms with Crippen molar-refractivity contribution in [3.05, 3.63) is 36.4 Å². The van der Waals surface area contributed by atoms with Crippen LogP contribution in [-0.2, 0) is 9.53 Å². The summed E-state index contributed by atoms with van der Waals surface area (Å²) in [6, 6.07) is 11.6. The molecule has 0 unspecified atom stereocenters. The molecular weight excluding hydrogens is 278 g/mol. The van der Waals surface area contributed by atoms with E-state index >= 15 is 0 Å². The molecule has 22 heavy (non-hydrogen) atoms. The van der Waals surface area contributed by atoms with Gasteiger partial charge in [-0.25, -0.2) is 0 Å². The van der Waals surface area contributed by atoms with Crippen molar-refractivity contribution in [2.75, 3.05) is 18.5 Å². The van der Waals surface area contributed by atoms with Gasteiger partial charge in [-0.2, -0.15) is 0 Å². The Hall–Kier alpha value is -2.07. The largest absolute Gasteiger partial charge is 0.493 e. The number of anilines is 1. The lowest BCUT2D eigenvalue weighted by Crippen LogP contribution is -2.39. The quantitative estimate of drug-likeness (QED) is 0.877. The van der Waals surface area contributed by atoms with Crippen molar-refractivity contribution in [1.82, 2.24) is 0 Å². The van der Waals surface area contributed by atoms with Crippen molar-refractivity contribution in [3.8, 4) is 5.75 Å². The van der Waals surface area contributed by atoms with Crippen LogP contribution < -0.4 is 10.1 Å². The highest BCUT2D eigenvalue weighted by Gasteiger charge is 2.28. The van der Waals surface area contributed by atoms with Gasteiger partial charge in [0.1, 0.15) is 11.4 Å². The third-order valence-corrected chi connectivity index (χ3v) is 3.48. The fourth-order valence-corrected chi connectivity index (χ4v) is 2.36. The Kier molecular flexibility index (Phi) is 5.03. The Bertz CT molecular complexity index is 664. The standard InChI is InChI=1S/C18H23NO3/c1-5-21-16-12-11-15(13-9-7-8-10-14(13)16)19-17(20)18(3,4)22-6-2/h7-12H,5-6H2,1-4H3,(H,19,20). The molecule has 1 amide bonds. The molecule has 1 N–H and O–H groups in total. The lowest BCUT2D eigenvalue weighted by molar-refractivity contribution is -0.136. The topological polar surface area (TPSA) is 47.6 Å². The van der Waals surface area contributed by atoms with Crippen LogP contribution in [0.15, 0.2) is 36.4 Å². The van der Waals surface area contributed by atoms with Crippen molar-refractivity contribution in [2.45, 2.75) is 33.3 Å². The summed E-state index contributed by atoms with van der Waals surface area (Å²) in [5, 5.41) is 4.90. The van der Waals surface area contributed by atoms with Gasteiger partial charge in [0.05, 0.1) is 6.61 Å². The van der Waals surface area contributed by atoms with E-state index in [1.54, 1.807) is 13.8 Å². The third-order valence-electron chi connectivity index (χ3n) is 3.48. The van der Waals surface area contributed by atoms with Gasteiger partial charge in [0.25, 0.3) is 5.91 Å². The minimum Gasteiger partial charge on any atom is -0.493 e. The highest BCUT2D eigenvalue weighted by Crippen LogP contribution is 2.32. The number of benzene rings is 2. The summed E-state index contributed by atoms with van der Waals surface area (Å²) in [6.45, 7) is 8.46. The van der Waals surface area contributed by atoms with Gasteiger partial charge < -0.3 is 14.8 Å². The number of hydrogen-bond acceptors (Lipinski definition) is 3. The molecule has 0 heterocycles. The second-order valence-electron chi connectivity index (χ2n) is 5.49. The van der Waals surface area contributed by atoms with Crippen LogP contribution in [0.3, 0.4) is 0 Å². The van der Waals surface area contributed by atoms with Gasteiger partial charge in [-0.1, -0.05) is 24.3 Å². The Morgan fingerprint density at radius 3 is 2.36 bits per heavy atom. The first-order chi connectivity index (χ1) is 10.5. The van der Waals surface area contributed by atoms with Crippen LogP contribution >= 0.6 is 0 Å². The van der Waals surface area contributed by atoms with E-state index in [0.29, 0.717) is 13.2 Å². The molecule has 118 valence electrons. The predicted molar refractivity (Wildman–Crippen MR) is 89.5 cm³/mol. The SMILES string of the molecule is CCOc1ccc(NC(=O)C(C)(C)OCC)c2ccccc12. The lowest BCUT2D eigenvalue weighted by atomic mass is 10.1. The molecule has 0 atom stereocenters. The van der Waals surface area contributed by atoms with Gasteiger partial charge in [-0.05, 0) is 39.8 Å². The molecule has 4 heteroatoms. The fraction of sp³-hybridized carbons (Fsp3) is 0.389. The highest BCUT2D eigenvalue weighted by atomic mass is 16.5. The predicted octanol–water partition coefficient (Wildman–Crippen LogP) is 3.99. The van der Waals surface area contributed by atoms with E-state index < -0.39 is 5.60 Å². The number of carbonyl (C=O) groups is 1. The average molecular weight is 301 g/mol. The molecule has 2 aromatic rings. The van der Waals surface area contributed by atoms with Gasteiger partial charge in [-0.15, -0.1) is 0 Å². The second kappa shape index (κ2) is 6.79. The maximum Gasteiger partial charge on any atom is 0.256 e. The Morgan fingerprint density at radius 1 is 1.05 bits per heavy atom. The Labute approximate surface area is 131 Å². The molecule has 0 radical (unpaired) electrons. The van der Waals surface area contributed by atoms with E-state index in [4.69, 9.17) is 9.47 Å². The van der Waals surface area contributed by atoms with Crippen molar-refractivity contribution >= 4 is 22.4 Å². The zero-order chi connectivity index (χ0) is 16.2. The molecule has 0 spiro atoms. The number of ether oxygens (including phenoxy) is 2. The van der Waals surface area contributed by atoms with Crippen LogP contribution in [-0.4, -0.2) is 24.7 Å². The molecule has 4 nitrogen and oxygen atoms in total. The summed E-state index contributed by atoms with van der Waals surface area (Å²) in [6.07, 6.45) is 0. The van der Waals surface area contributed by atoms with E-state index in [1.165, 1.54) is 0 Å². The zero-order valence-corrected chi connectivity index (χ0v) is 13.6. The maximum absolute atomic E-state index is 12.4. The van der Waals surface area contributed by atoms with Crippen LogP contribution in [0.2, 0.25) is 0 Å². The summed E-state index contributed by atoms with van der Waals surface area (Å²) in [5.74, 6) is 0.656. The molecular formula is C18H23NO3. The van der Waals surface area contributed by atoms with Crippen molar-refractivity contribution in [3.63, 3.8) is 0 Å². The van der Waals surface area contributed by atoms with Gasteiger partial charge >= 0.3 is 0 Å². The number of fused-ring (bicyclic) bond motifs is 1. The van der Waals surface area contributed by atoms with Gasteiger partial charge in [0.2, 0.25) is 0 Å². The average Bonchev–Trinajstić information content (AvgIpc) is 2.49. The molecule has 2 aromatic carbocycles. The summed E-state index contributed by atoms with van der Waals surface area (Å²) in [5.41, 5.74) is -0.106. The number of nitrogens with one attached hydrogen (secondary N) is 1. The third kappa shape index (κ3) is 3.39. The molecule has 0 fully saturated rings. The number of rotatable bonds is 6. The summed E-state index contributed by atoms with van der Waals surface area (Å²) in [4.78, 5) is 12.4. The van der Waals surface area contributed by atoms with Crippen LogP contribution in [0, 0.1) is 0 Å². The molecule has 2 rings (SSSR count). The minimum atomic E-state index is -0.867. The number of amides is 1. The highest BCUT2D eigenvalue weighted by molar-refractivity contribution is 6.06. The Morgan fingerprint density at radius 2 is 1.73 bits per heavy atom. The summed E-state index contributed by atoms with van der Waals surface area (Å²) >= 11 is 0. The zero-order valence-electron chi connectivity index (χ0n) is 13.6. The lowest BCUT2D eigenvalue weighted by Gasteiger charge is -2.24. The van der Waals surface area contributed by atoms with E-state index in [1.807, 2.05) is 50.2 Å². The van der Waals surface area contributed by atoms with Gasteiger partial charge in [0, 0.05) is 23.1 Å². The Balaban J connectivity index is 2.37. The molecule has 0 aliphatic rings. The first-order valence-corrected chi connectivity index (χ1v) is 7.59. The van der Waals surface area contributed by atoms with Crippen LogP contribution in [0.5, 0.6) is 5.75 Å². The van der Waals surface area contributed by atoms with E-state index in [0.717, 1.165) is 22.2 Å². The smallest absolute Gasteiger partial charge is 0.256 e. The first kappa shape index (κ1) is 16.3. The number of hydrogen-bond donors (Lipinski definition) is 1. The minimum absolute atomic E-state index is 0.163. The van der Waals surface area contributed by atoms with Crippen LogP contribution in [0.25, 0.3) is 10.8 Å². The summed E-state index contributed by atoms with van der Waals surface area (Å²) in [7, 11) is 0. The normalized spacial score (nSPS) is 11.5. The monoisotopic (exact) mass is 301 g/mol. The second-order valence-corrected chi connectivity index (χ2v) is 5.49. The molecule has 0 aromatic heterocycles. The van der Waals surface area contributed by atoms with E-state index in [-0.39, 0.29) is 5.91 Å². The van der Waals surface area contributed by atoms with E-state index in [2.05, 4.69) is 5.32 Å². The molecule has 0 aliphatic heterocycles. The van der Waals surface area contributed by atoms with Crippen molar-refractivity contribution < 1.29 is 14.3 Å². The van der Waals surface area contributed by atoms with Gasteiger partial charge in [-0.3, -0.25) is 4.79 Å². The first-order valence-electron chi connectivity index (χ1n) is 7.59. The molecule has 0 saturated carbocycles. The van der Waals surface area contributed by atoms with Crippen molar-refractivity contribution in [2.24, 2.45) is 0 Å². The number of carbonyl (C=O) groups excluding carboxylic acids is 1. The molecule has 0 bridgehead atoms.